The van der Waals surface area contributed by atoms with E-state index in [1.807, 2.05) is 0 Å². The number of rotatable bonds is 8. The first kappa shape index (κ1) is 23.8. The van der Waals surface area contributed by atoms with Gasteiger partial charge in [-0.05, 0) is 17.7 Å². The number of methoxy groups -OCH3 is 1. The fourth-order valence-corrected chi connectivity index (χ4v) is 2.61. The van der Waals surface area contributed by atoms with E-state index in [0.29, 0.717) is 16.1 Å². The number of ether oxygens (including phenoxy) is 2. The number of halogens is 8. The zero-order valence-corrected chi connectivity index (χ0v) is 16.7. The van der Waals surface area contributed by atoms with Crippen LogP contribution in [-0.4, -0.2) is 31.5 Å². The topological polar surface area (TPSA) is 42.8 Å². The average molecular weight is 503 g/mol. The summed E-state index contributed by atoms with van der Waals surface area (Å²) in [6.45, 7) is 0.0371. The lowest BCUT2D eigenvalue weighted by Gasteiger charge is -2.27. The van der Waals surface area contributed by atoms with Crippen molar-refractivity contribution in [2.24, 2.45) is 5.10 Å². The Hall–Kier alpha value is -2.50. The van der Waals surface area contributed by atoms with Crippen molar-refractivity contribution >= 4 is 22.1 Å². The average Bonchev–Trinajstić information content (AvgIpc) is 2.66. The molecule has 0 bridgehead atoms. The highest BCUT2D eigenvalue weighted by atomic mass is 79.9. The van der Waals surface area contributed by atoms with Gasteiger partial charge >= 0.3 is 18.1 Å². The maximum atomic E-state index is 13.3. The van der Waals surface area contributed by atoms with Crippen molar-refractivity contribution in [1.29, 1.82) is 0 Å². The van der Waals surface area contributed by atoms with Crippen molar-refractivity contribution in [3.05, 3.63) is 58.1 Å². The third kappa shape index (κ3) is 5.35. The summed E-state index contributed by atoms with van der Waals surface area (Å²) in [5.41, 5.74) is 1.30. The number of nitrogens with one attached hydrogen (secondary N) is 1. The van der Waals surface area contributed by atoms with Crippen LogP contribution in [0, 0.1) is 0 Å². The summed E-state index contributed by atoms with van der Waals surface area (Å²) < 4.78 is 100. The van der Waals surface area contributed by atoms with Crippen LogP contribution in [0.25, 0.3) is 0 Å². The van der Waals surface area contributed by atoms with Gasteiger partial charge in [0.05, 0.1) is 13.3 Å². The second kappa shape index (κ2) is 9.11. The largest absolute Gasteiger partial charge is 0.493 e. The molecule has 2 rings (SSSR count). The van der Waals surface area contributed by atoms with Crippen LogP contribution in [0.3, 0.4) is 0 Å². The lowest BCUT2D eigenvalue weighted by atomic mass is 10.2. The third-order valence-corrected chi connectivity index (χ3v) is 4.11. The van der Waals surface area contributed by atoms with Crippen molar-refractivity contribution < 1.29 is 40.2 Å². The Labute approximate surface area is 174 Å². The molecule has 0 aliphatic heterocycles. The van der Waals surface area contributed by atoms with Crippen LogP contribution in [0.2, 0.25) is 0 Å². The fourth-order valence-electron chi connectivity index (χ4n) is 2.15. The summed E-state index contributed by atoms with van der Waals surface area (Å²) in [6.07, 6.45) is -5.85. The van der Waals surface area contributed by atoms with E-state index in [1.165, 1.54) is 19.2 Å². The van der Waals surface area contributed by atoms with E-state index < -0.39 is 18.1 Å². The van der Waals surface area contributed by atoms with Crippen LogP contribution >= 0.6 is 15.9 Å². The lowest BCUT2D eigenvalue weighted by molar-refractivity contribution is -0.361. The van der Waals surface area contributed by atoms with E-state index in [-0.39, 0.29) is 23.7 Å². The second-order valence-electron chi connectivity index (χ2n) is 5.82. The number of hydrogen-bond acceptors (Lipinski definition) is 4. The molecule has 0 amide bonds. The molecule has 0 spiro atoms. The van der Waals surface area contributed by atoms with Gasteiger partial charge in [-0.2, -0.15) is 35.8 Å². The highest BCUT2D eigenvalue weighted by Gasteiger charge is 2.73. The van der Waals surface area contributed by atoms with Gasteiger partial charge < -0.3 is 9.47 Å². The van der Waals surface area contributed by atoms with E-state index in [9.17, 15) is 30.7 Å². The molecule has 0 unspecified atom stereocenters. The van der Waals surface area contributed by atoms with Crippen LogP contribution < -0.4 is 14.9 Å². The Kier molecular flexibility index (Phi) is 7.22. The molecule has 0 radical (unpaired) electrons. The highest BCUT2D eigenvalue weighted by Crippen LogP contribution is 2.45. The normalized spacial score (nSPS) is 12.8. The Bertz CT molecular complexity index is 890. The molecule has 0 heterocycles. The molecule has 2 aromatic rings. The fraction of sp³-hybridized carbons (Fsp3) is 0.278. The minimum Gasteiger partial charge on any atom is -0.493 e. The van der Waals surface area contributed by atoms with Crippen LogP contribution in [0.5, 0.6) is 11.5 Å². The molecular formula is C18H14BrF7N2O2. The summed E-state index contributed by atoms with van der Waals surface area (Å²) in [4.78, 5) is 0. The second-order valence-corrected chi connectivity index (χ2v) is 6.73. The first-order valence-corrected chi connectivity index (χ1v) is 8.85. The van der Waals surface area contributed by atoms with Gasteiger partial charge in [0.2, 0.25) is 0 Å². The maximum Gasteiger partial charge on any atom is 0.462 e. The van der Waals surface area contributed by atoms with Gasteiger partial charge in [-0.15, -0.1) is 0 Å². The van der Waals surface area contributed by atoms with Crippen LogP contribution in [0.4, 0.5) is 30.7 Å². The van der Waals surface area contributed by atoms with Crippen molar-refractivity contribution in [3.63, 3.8) is 0 Å². The molecule has 0 aliphatic rings. The van der Waals surface area contributed by atoms with E-state index in [1.54, 1.807) is 30.3 Å². The number of hydrazone groups is 1. The van der Waals surface area contributed by atoms with Gasteiger partial charge in [0.1, 0.15) is 6.61 Å². The van der Waals surface area contributed by atoms with Crippen LogP contribution in [0.1, 0.15) is 11.1 Å². The quantitative estimate of drug-likeness (QED) is 0.216. The monoisotopic (exact) mass is 502 g/mol. The maximum absolute atomic E-state index is 13.3. The van der Waals surface area contributed by atoms with Gasteiger partial charge in [-0.3, -0.25) is 0 Å². The molecule has 12 heteroatoms. The van der Waals surface area contributed by atoms with Crippen molar-refractivity contribution in [2.75, 3.05) is 7.11 Å². The van der Waals surface area contributed by atoms with Gasteiger partial charge in [-0.25, -0.2) is 5.43 Å². The Morgan fingerprint density at radius 2 is 1.67 bits per heavy atom. The van der Waals surface area contributed by atoms with Gasteiger partial charge in [0, 0.05) is 10.0 Å². The predicted octanol–water partition coefficient (Wildman–Crippen LogP) is 5.75. The Balaban J connectivity index is 2.28. The number of hydrogen-bond donors (Lipinski definition) is 1. The smallest absolute Gasteiger partial charge is 0.462 e. The number of alkyl halides is 7. The summed E-state index contributed by atoms with van der Waals surface area (Å²) >= 11 is 3.14. The molecule has 164 valence electrons. The van der Waals surface area contributed by atoms with Gasteiger partial charge in [-0.1, -0.05) is 46.3 Å². The first-order chi connectivity index (χ1) is 13.9. The van der Waals surface area contributed by atoms with E-state index in [0.717, 1.165) is 5.56 Å². The summed E-state index contributed by atoms with van der Waals surface area (Å²) in [6, 6.07) is 5.93. The predicted molar refractivity (Wildman–Crippen MR) is 98.1 cm³/mol. The molecule has 0 atom stereocenters. The minimum atomic E-state index is -6.47. The molecule has 1 N–H and O–H groups in total. The highest BCUT2D eigenvalue weighted by molar-refractivity contribution is 9.10. The minimum absolute atomic E-state index is 0.0148. The summed E-state index contributed by atoms with van der Waals surface area (Å²) in [5, 5.41) is 2.86. The van der Waals surface area contributed by atoms with E-state index in [2.05, 4.69) is 21.0 Å². The van der Waals surface area contributed by atoms with Crippen molar-refractivity contribution in [1.82, 2.24) is 5.43 Å². The molecule has 0 aromatic heterocycles. The third-order valence-electron chi connectivity index (χ3n) is 3.65. The lowest BCUT2D eigenvalue weighted by Crippen LogP contribution is -2.58. The molecular weight excluding hydrogens is 489 g/mol. The summed E-state index contributed by atoms with van der Waals surface area (Å²) in [5.74, 6) is -6.17. The van der Waals surface area contributed by atoms with Crippen LogP contribution in [0.15, 0.2) is 52.0 Å². The molecule has 4 nitrogen and oxygen atoms in total. The molecule has 0 fully saturated rings. The Morgan fingerprint density at radius 1 is 1.03 bits per heavy atom. The van der Waals surface area contributed by atoms with Crippen molar-refractivity contribution in [3.8, 4) is 11.5 Å². The summed E-state index contributed by atoms with van der Waals surface area (Å²) in [7, 11) is 1.30. The van der Waals surface area contributed by atoms with Crippen LogP contribution in [-0.2, 0) is 6.61 Å². The van der Waals surface area contributed by atoms with E-state index in [4.69, 9.17) is 9.47 Å². The van der Waals surface area contributed by atoms with Gasteiger partial charge in [0.15, 0.2) is 11.5 Å². The van der Waals surface area contributed by atoms with Gasteiger partial charge in [0.25, 0.3) is 0 Å². The molecule has 0 saturated heterocycles. The number of nitrogens with zero attached hydrogens (tertiary/aromatic N) is 1. The van der Waals surface area contributed by atoms with E-state index >= 15 is 0 Å². The SMILES string of the molecule is COc1cc(Br)cc(/C=N\NC(F)(F)C(F)(F)C(F)(F)F)c1OCc1ccccc1. The number of benzene rings is 2. The molecule has 0 saturated carbocycles. The zero-order valence-electron chi connectivity index (χ0n) is 15.1. The first-order valence-electron chi connectivity index (χ1n) is 8.06. The zero-order chi connectivity index (χ0) is 22.6. The molecule has 30 heavy (non-hydrogen) atoms. The molecule has 0 aliphatic carbocycles. The standard InChI is InChI=1S/C18H14BrF7N2O2/c1-29-14-8-13(19)7-12(15(14)30-10-11-5-3-2-4-6-11)9-27-28-18(25,26)16(20,21)17(22,23)24/h2-9,28H,10H2,1H3/b27-9-. The van der Waals surface area contributed by atoms with Crippen molar-refractivity contribution in [2.45, 2.75) is 24.8 Å². The Morgan fingerprint density at radius 3 is 2.23 bits per heavy atom. The molecule has 2 aromatic carbocycles.